The van der Waals surface area contributed by atoms with Crippen LogP contribution in [0.4, 0.5) is 0 Å². The van der Waals surface area contributed by atoms with Crippen molar-refractivity contribution in [3.63, 3.8) is 0 Å². The lowest BCUT2D eigenvalue weighted by Crippen LogP contribution is -2.33. The first-order valence-corrected chi connectivity index (χ1v) is 11.7. The molecule has 198 valence electrons. The van der Waals surface area contributed by atoms with Gasteiger partial charge >= 0.3 is 0 Å². The molecule has 0 radical (unpaired) electrons. The van der Waals surface area contributed by atoms with E-state index in [1.165, 1.54) is 0 Å². The highest BCUT2D eigenvalue weighted by molar-refractivity contribution is 6.40. The molecule has 1 aromatic carbocycles. The van der Waals surface area contributed by atoms with Gasteiger partial charge in [0.2, 0.25) is 0 Å². The number of carbonyl (C=O) groups is 1. The first kappa shape index (κ1) is 32.4. The Hall–Kier alpha value is -2.63. The van der Waals surface area contributed by atoms with Gasteiger partial charge < -0.3 is 38.2 Å². The van der Waals surface area contributed by atoms with Gasteiger partial charge in [-0.05, 0) is 43.4 Å². The molecule has 0 saturated carbocycles. The number of hydrogen-bond acceptors (Lipinski definition) is 6. The highest BCUT2D eigenvalue weighted by Crippen LogP contribution is 2.34. The maximum Gasteiger partial charge on any atom is 0.269 e. The van der Waals surface area contributed by atoms with E-state index < -0.39 is 5.91 Å². The molecule has 11 nitrogen and oxygen atoms in total. The van der Waals surface area contributed by atoms with Crippen molar-refractivity contribution in [2.75, 3.05) is 26.2 Å². The van der Waals surface area contributed by atoms with E-state index in [1.807, 2.05) is 0 Å². The number of halogens is 3. The van der Waals surface area contributed by atoms with Crippen LogP contribution < -0.4 is 33.0 Å². The minimum atomic E-state index is -0.462. The van der Waals surface area contributed by atoms with Crippen molar-refractivity contribution in [3.8, 4) is 5.75 Å². The fourth-order valence-electron chi connectivity index (χ4n) is 2.91. The number of carbonyl (C=O) groups excluding carboxylic acids is 1. The molecule has 35 heavy (non-hydrogen) atoms. The van der Waals surface area contributed by atoms with E-state index in [0.717, 1.165) is 32.1 Å². The molecule has 0 heterocycles. The standard InChI is InChI=1S/C21H34Cl2N8O3.ClH/c22-15-11-14(12-16(23)18(15)34-10-6-5-9-30-21(26)27)13-17(31-33)19(32)28-7-3-1-2-4-8-29-20(24)25;/h11-12,33H,1-10,13H2,(H,28,32)(H4,24,25,29)(H4,26,27,30);1H/b31-17+;. The topological polar surface area (TPSA) is 200 Å². The number of guanidine groups is 2. The molecular formula is C21H35Cl3N8O3. The summed E-state index contributed by atoms with van der Waals surface area (Å²) in [6, 6.07) is 3.24. The van der Waals surface area contributed by atoms with Gasteiger partial charge in [-0.3, -0.25) is 14.8 Å². The molecule has 1 amide bonds. The molecule has 14 heteroatoms. The number of nitrogens with two attached hydrogens (primary N) is 4. The zero-order valence-electron chi connectivity index (χ0n) is 19.5. The molecule has 0 aliphatic carbocycles. The zero-order valence-corrected chi connectivity index (χ0v) is 21.8. The van der Waals surface area contributed by atoms with Gasteiger partial charge in [-0.15, -0.1) is 12.4 Å². The van der Waals surface area contributed by atoms with Gasteiger partial charge in [0.15, 0.2) is 17.7 Å². The predicted octanol–water partition coefficient (Wildman–Crippen LogP) is 2.17. The molecule has 0 spiro atoms. The number of nitrogens with zero attached hydrogens (tertiary/aromatic N) is 3. The second kappa shape index (κ2) is 18.7. The van der Waals surface area contributed by atoms with Crippen molar-refractivity contribution in [2.24, 2.45) is 38.1 Å². The van der Waals surface area contributed by atoms with Gasteiger partial charge in [-0.1, -0.05) is 41.2 Å². The number of aliphatic imine (C=N–C) groups is 2. The number of ether oxygens (including phenoxy) is 1. The summed E-state index contributed by atoms with van der Waals surface area (Å²) in [5.41, 5.74) is 21.6. The van der Waals surface area contributed by atoms with Crippen LogP contribution in [0.3, 0.4) is 0 Å². The Morgan fingerprint density at radius 2 is 1.46 bits per heavy atom. The summed E-state index contributed by atoms with van der Waals surface area (Å²) >= 11 is 12.6. The van der Waals surface area contributed by atoms with Crippen LogP contribution in [0.5, 0.6) is 5.75 Å². The minimum Gasteiger partial charge on any atom is -0.490 e. The van der Waals surface area contributed by atoms with E-state index in [4.69, 9.17) is 50.9 Å². The largest absolute Gasteiger partial charge is 0.490 e. The third-order valence-electron chi connectivity index (χ3n) is 4.57. The van der Waals surface area contributed by atoms with Crippen LogP contribution in [0.1, 0.15) is 44.1 Å². The number of unbranched alkanes of at least 4 members (excludes halogenated alkanes) is 4. The van der Waals surface area contributed by atoms with Crippen molar-refractivity contribution in [1.82, 2.24) is 5.32 Å². The molecule has 0 aliphatic heterocycles. The van der Waals surface area contributed by atoms with Crippen LogP contribution in [0, 0.1) is 0 Å². The van der Waals surface area contributed by atoms with Crippen molar-refractivity contribution >= 4 is 59.1 Å². The van der Waals surface area contributed by atoms with Crippen LogP contribution in [-0.4, -0.2) is 55.0 Å². The van der Waals surface area contributed by atoms with Gasteiger partial charge in [-0.25, -0.2) is 0 Å². The summed E-state index contributed by atoms with van der Waals surface area (Å²) in [5, 5.41) is 15.8. The maximum absolute atomic E-state index is 12.3. The van der Waals surface area contributed by atoms with Gasteiger partial charge in [0.25, 0.3) is 5.91 Å². The molecule has 0 atom stereocenters. The highest BCUT2D eigenvalue weighted by atomic mass is 35.5. The van der Waals surface area contributed by atoms with E-state index in [9.17, 15) is 10.0 Å². The second-order valence-electron chi connectivity index (χ2n) is 7.45. The average molecular weight is 554 g/mol. The number of amides is 1. The Balaban J connectivity index is 0.0000116. The highest BCUT2D eigenvalue weighted by Gasteiger charge is 2.16. The Bertz CT molecular complexity index is 850. The van der Waals surface area contributed by atoms with E-state index >= 15 is 0 Å². The average Bonchev–Trinajstić information content (AvgIpc) is 2.77. The van der Waals surface area contributed by atoms with Crippen LogP contribution in [0.15, 0.2) is 27.3 Å². The lowest BCUT2D eigenvalue weighted by molar-refractivity contribution is -0.115. The van der Waals surface area contributed by atoms with E-state index in [0.29, 0.717) is 54.0 Å². The van der Waals surface area contributed by atoms with Crippen molar-refractivity contribution < 1.29 is 14.7 Å². The smallest absolute Gasteiger partial charge is 0.269 e. The Morgan fingerprint density at radius 1 is 0.914 bits per heavy atom. The Kier molecular flexibility index (Phi) is 17.3. The SMILES string of the molecule is Cl.NC(N)=NCCCCCCNC(=O)/C(Cc1cc(Cl)c(OCCCCN=C(N)N)c(Cl)c1)=N/O. The number of benzene rings is 1. The van der Waals surface area contributed by atoms with E-state index in [-0.39, 0.29) is 36.5 Å². The van der Waals surface area contributed by atoms with Crippen molar-refractivity contribution in [2.45, 2.75) is 44.9 Å². The monoisotopic (exact) mass is 552 g/mol. The summed E-state index contributed by atoms with van der Waals surface area (Å²) in [5.74, 6) is 0.0268. The molecule has 0 fully saturated rings. The number of rotatable bonds is 16. The van der Waals surface area contributed by atoms with Gasteiger partial charge in [-0.2, -0.15) is 0 Å². The molecule has 0 bridgehead atoms. The van der Waals surface area contributed by atoms with E-state index in [2.05, 4.69) is 20.5 Å². The molecule has 1 rings (SSSR count). The minimum absolute atomic E-state index is 0. The lowest BCUT2D eigenvalue weighted by atomic mass is 10.1. The fourth-order valence-corrected chi connectivity index (χ4v) is 3.55. The lowest BCUT2D eigenvalue weighted by Gasteiger charge is -2.12. The van der Waals surface area contributed by atoms with Crippen LogP contribution >= 0.6 is 35.6 Å². The van der Waals surface area contributed by atoms with Crippen molar-refractivity contribution in [3.05, 3.63) is 27.7 Å². The summed E-state index contributed by atoms with van der Waals surface area (Å²) in [6.45, 7) is 1.94. The first-order valence-electron chi connectivity index (χ1n) is 10.9. The third-order valence-corrected chi connectivity index (χ3v) is 5.13. The normalized spacial score (nSPS) is 10.7. The Labute approximate surface area is 221 Å². The quantitative estimate of drug-likeness (QED) is 0.0592. The maximum atomic E-state index is 12.3. The van der Waals surface area contributed by atoms with E-state index in [1.54, 1.807) is 12.1 Å². The molecule has 10 N–H and O–H groups in total. The molecule has 0 saturated heterocycles. The molecule has 1 aromatic rings. The Morgan fingerprint density at radius 3 is 2.00 bits per heavy atom. The van der Waals surface area contributed by atoms with Crippen LogP contribution in [0.2, 0.25) is 10.0 Å². The molecule has 0 unspecified atom stereocenters. The molecule has 0 aliphatic rings. The van der Waals surface area contributed by atoms with Crippen LogP contribution in [-0.2, 0) is 11.2 Å². The van der Waals surface area contributed by atoms with Crippen LogP contribution in [0.25, 0.3) is 0 Å². The summed E-state index contributed by atoms with van der Waals surface area (Å²) in [6.07, 6.45) is 5.01. The zero-order chi connectivity index (χ0) is 25.3. The second-order valence-corrected chi connectivity index (χ2v) is 8.27. The summed E-state index contributed by atoms with van der Waals surface area (Å²) < 4.78 is 5.67. The third kappa shape index (κ3) is 14.4. The summed E-state index contributed by atoms with van der Waals surface area (Å²) in [4.78, 5) is 20.1. The molecule has 0 aromatic heterocycles. The first-order chi connectivity index (χ1) is 16.2. The summed E-state index contributed by atoms with van der Waals surface area (Å²) in [7, 11) is 0. The number of hydrogen-bond donors (Lipinski definition) is 6. The molecular weight excluding hydrogens is 519 g/mol. The number of nitrogens with one attached hydrogen (secondary N) is 1. The van der Waals surface area contributed by atoms with Gasteiger partial charge in [0.1, 0.15) is 5.71 Å². The fraction of sp³-hybridized carbons (Fsp3) is 0.524. The predicted molar refractivity (Wildman–Crippen MR) is 144 cm³/mol. The van der Waals surface area contributed by atoms with Gasteiger partial charge in [0.05, 0.1) is 16.7 Å². The van der Waals surface area contributed by atoms with Gasteiger partial charge in [0, 0.05) is 26.1 Å². The van der Waals surface area contributed by atoms with Crippen molar-refractivity contribution in [1.29, 1.82) is 0 Å². The number of oxime groups is 1.